The number of carbonyl (C=O) groups is 2. The molecule has 0 aromatic heterocycles. The van der Waals surface area contributed by atoms with E-state index in [0.717, 1.165) is 6.42 Å². The summed E-state index contributed by atoms with van der Waals surface area (Å²) in [4.78, 5) is 37.4. The molecule has 0 aliphatic carbocycles. The minimum Gasteiger partial charge on any atom is -0.354 e. The van der Waals surface area contributed by atoms with Crippen LogP contribution in [0.5, 0.6) is 0 Å². The van der Waals surface area contributed by atoms with E-state index in [9.17, 15) is 24.1 Å². The smallest absolute Gasteiger partial charge is 0.273 e. The summed E-state index contributed by atoms with van der Waals surface area (Å²) in [6.45, 7) is 3.80. The van der Waals surface area contributed by atoms with Crippen LogP contribution in [-0.2, 0) is 22.6 Å². The van der Waals surface area contributed by atoms with Gasteiger partial charge >= 0.3 is 0 Å². The van der Waals surface area contributed by atoms with Gasteiger partial charge in [0.25, 0.3) is 5.69 Å². The Morgan fingerprint density at radius 1 is 1.14 bits per heavy atom. The maximum Gasteiger partial charge on any atom is 0.273 e. The van der Waals surface area contributed by atoms with Gasteiger partial charge in [0.1, 0.15) is 11.9 Å². The van der Waals surface area contributed by atoms with Crippen molar-refractivity contribution in [2.45, 2.75) is 39.3 Å². The lowest BCUT2D eigenvalue weighted by atomic mass is 10.1. The molecule has 29 heavy (non-hydrogen) atoms. The number of carbonyl (C=O) groups excluding carboxylic acids is 2. The minimum atomic E-state index is -0.864. The Hall–Kier alpha value is -3.29. The third-order valence-electron chi connectivity index (χ3n) is 4.55. The van der Waals surface area contributed by atoms with Gasteiger partial charge in [-0.1, -0.05) is 43.3 Å². The van der Waals surface area contributed by atoms with E-state index in [1.54, 1.807) is 19.1 Å². The molecule has 1 atom stereocenters. The van der Waals surface area contributed by atoms with Crippen LogP contribution in [0.4, 0.5) is 10.1 Å². The van der Waals surface area contributed by atoms with Crippen molar-refractivity contribution < 1.29 is 18.9 Å². The van der Waals surface area contributed by atoms with E-state index in [1.807, 2.05) is 6.92 Å². The number of hydrogen-bond acceptors (Lipinski definition) is 4. The molecule has 2 aromatic rings. The lowest BCUT2D eigenvalue weighted by molar-refractivity contribution is -0.385. The van der Waals surface area contributed by atoms with Crippen molar-refractivity contribution in [3.63, 3.8) is 0 Å². The van der Waals surface area contributed by atoms with Crippen molar-refractivity contribution in [2.75, 3.05) is 6.54 Å². The molecule has 2 amide bonds. The minimum absolute atomic E-state index is 0.118. The molecule has 0 fully saturated rings. The standard InChI is InChI=1S/C21H24FN3O4/c1-3-12-23-21(27)15(2)24(14-17-9-4-6-10-18(17)22)20(26)13-16-8-5-7-11-19(16)25(28)29/h4-11,15H,3,12-14H2,1-2H3,(H,23,27)/t15-/m0/s1. The number of hydrogen-bond donors (Lipinski definition) is 1. The molecule has 8 heteroatoms. The van der Waals surface area contributed by atoms with Gasteiger partial charge in [-0.3, -0.25) is 19.7 Å². The molecule has 1 N–H and O–H groups in total. The van der Waals surface area contributed by atoms with E-state index >= 15 is 0 Å². The normalized spacial score (nSPS) is 11.6. The van der Waals surface area contributed by atoms with Crippen molar-refractivity contribution in [3.8, 4) is 0 Å². The number of amides is 2. The molecule has 0 aliphatic heterocycles. The summed E-state index contributed by atoms with van der Waals surface area (Å²) < 4.78 is 14.1. The van der Waals surface area contributed by atoms with E-state index < -0.39 is 22.7 Å². The Bertz CT molecular complexity index is 888. The van der Waals surface area contributed by atoms with Gasteiger partial charge in [-0.15, -0.1) is 0 Å². The molecule has 0 bridgehead atoms. The topological polar surface area (TPSA) is 92.6 Å². The Morgan fingerprint density at radius 2 is 1.76 bits per heavy atom. The van der Waals surface area contributed by atoms with Crippen LogP contribution in [0.15, 0.2) is 48.5 Å². The second-order valence-electron chi connectivity index (χ2n) is 6.64. The monoisotopic (exact) mass is 401 g/mol. The number of nitro benzene ring substituents is 1. The van der Waals surface area contributed by atoms with Crippen molar-refractivity contribution in [1.29, 1.82) is 0 Å². The number of nitro groups is 1. The summed E-state index contributed by atoms with van der Waals surface area (Å²) >= 11 is 0. The van der Waals surface area contributed by atoms with Crippen LogP contribution >= 0.6 is 0 Å². The Kier molecular flexibility index (Phi) is 7.82. The summed E-state index contributed by atoms with van der Waals surface area (Å²) in [7, 11) is 0. The molecule has 2 aromatic carbocycles. The number of para-hydroxylation sites is 1. The Morgan fingerprint density at radius 3 is 2.38 bits per heavy atom. The van der Waals surface area contributed by atoms with Crippen LogP contribution in [0.1, 0.15) is 31.4 Å². The highest BCUT2D eigenvalue weighted by molar-refractivity contribution is 5.88. The van der Waals surface area contributed by atoms with Gasteiger partial charge in [0.15, 0.2) is 0 Å². The predicted octanol–water partition coefficient (Wildman–Crippen LogP) is 3.22. The quantitative estimate of drug-likeness (QED) is 0.516. The fourth-order valence-corrected chi connectivity index (χ4v) is 2.89. The molecule has 7 nitrogen and oxygen atoms in total. The summed E-state index contributed by atoms with van der Waals surface area (Å²) in [5.74, 6) is -1.35. The SMILES string of the molecule is CCCNC(=O)[C@H](C)N(Cc1ccccc1F)C(=O)Cc1ccccc1[N+](=O)[O-]. The van der Waals surface area contributed by atoms with Gasteiger partial charge in [-0.25, -0.2) is 4.39 Å². The van der Waals surface area contributed by atoms with Gasteiger partial charge in [0.2, 0.25) is 11.8 Å². The Balaban J connectivity index is 2.31. The van der Waals surface area contributed by atoms with Gasteiger partial charge < -0.3 is 10.2 Å². The number of nitrogens with one attached hydrogen (secondary N) is 1. The van der Waals surface area contributed by atoms with Crippen LogP contribution < -0.4 is 5.32 Å². The zero-order valence-electron chi connectivity index (χ0n) is 16.4. The summed E-state index contributed by atoms with van der Waals surface area (Å²) in [5.41, 5.74) is 0.329. The first-order valence-electron chi connectivity index (χ1n) is 9.38. The van der Waals surface area contributed by atoms with E-state index in [0.29, 0.717) is 6.54 Å². The van der Waals surface area contributed by atoms with Crippen LogP contribution in [-0.4, -0.2) is 34.2 Å². The first kappa shape index (κ1) is 22.0. The van der Waals surface area contributed by atoms with Crippen LogP contribution in [0.3, 0.4) is 0 Å². The van der Waals surface area contributed by atoms with Crippen LogP contribution in [0, 0.1) is 15.9 Å². The third-order valence-corrected chi connectivity index (χ3v) is 4.55. The van der Waals surface area contributed by atoms with Gasteiger partial charge in [0.05, 0.1) is 11.3 Å². The summed E-state index contributed by atoms with van der Waals surface area (Å²) in [5, 5.41) is 14.0. The number of rotatable bonds is 9. The van der Waals surface area contributed by atoms with Gasteiger partial charge in [0, 0.05) is 30.3 Å². The summed E-state index contributed by atoms with van der Waals surface area (Å²) in [6.07, 6.45) is 0.465. The predicted molar refractivity (Wildman–Crippen MR) is 107 cm³/mol. The molecule has 0 radical (unpaired) electrons. The average Bonchev–Trinajstić information content (AvgIpc) is 2.71. The van der Waals surface area contributed by atoms with Gasteiger partial charge in [-0.05, 0) is 19.4 Å². The second kappa shape index (κ2) is 10.3. The highest BCUT2D eigenvalue weighted by Crippen LogP contribution is 2.21. The molecule has 0 saturated carbocycles. The zero-order chi connectivity index (χ0) is 21.4. The molecule has 0 spiro atoms. The van der Waals surface area contributed by atoms with E-state index in [-0.39, 0.29) is 35.7 Å². The Labute approximate surface area is 168 Å². The third kappa shape index (κ3) is 5.84. The van der Waals surface area contributed by atoms with Gasteiger partial charge in [-0.2, -0.15) is 0 Å². The van der Waals surface area contributed by atoms with E-state index in [4.69, 9.17) is 0 Å². The maximum absolute atomic E-state index is 14.1. The van der Waals surface area contributed by atoms with E-state index in [2.05, 4.69) is 5.32 Å². The van der Waals surface area contributed by atoms with E-state index in [1.165, 1.54) is 41.3 Å². The maximum atomic E-state index is 14.1. The highest BCUT2D eigenvalue weighted by atomic mass is 19.1. The zero-order valence-corrected chi connectivity index (χ0v) is 16.4. The molecule has 0 unspecified atom stereocenters. The largest absolute Gasteiger partial charge is 0.354 e. The lowest BCUT2D eigenvalue weighted by Gasteiger charge is -2.29. The first-order chi connectivity index (χ1) is 13.8. The number of halogens is 1. The van der Waals surface area contributed by atoms with Crippen molar-refractivity contribution in [1.82, 2.24) is 10.2 Å². The highest BCUT2D eigenvalue weighted by Gasteiger charge is 2.28. The molecule has 2 rings (SSSR count). The first-order valence-corrected chi connectivity index (χ1v) is 9.38. The second-order valence-corrected chi connectivity index (χ2v) is 6.64. The van der Waals surface area contributed by atoms with Crippen LogP contribution in [0.25, 0.3) is 0 Å². The average molecular weight is 401 g/mol. The fraction of sp³-hybridized carbons (Fsp3) is 0.333. The van der Waals surface area contributed by atoms with Crippen molar-refractivity contribution >= 4 is 17.5 Å². The summed E-state index contributed by atoms with van der Waals surface area (Å²) in [6, 6.07) is 11.1. The van der Waals surface area contributed by atoms with Crippen molar-refractivity contribution in [3.05, 3.63) is 75.6 Å². The molecular weight excluding hydrogens is 377 g/mol. The number of benzene rings is 2. The molecule has 0 saturated heterocycles. The fourth-order valence-electron chi connectivity index (χ4n) is 2.89. The lowest BCUT2D eigenvalue weighted by Crippen LogP contribution is -2.48. The van der Waals surface area contributed by atoms with Crippen LogP contribution in [0.2, 0.25) is 0 Å². The molecule has 0 aliphatic rings. The molecule has 0 heterocycles. The molecule has 154 valence electrons. The molecular formula is C21H24FN3O4. The van der Waals surface area contributed by atoms with Crippen molar-refractivity contribution in [2.24, 2.45) is 0 Å². The number of nitrogens with zero attached hydrogens (tertiary/aromatic N) is 2.